The van der Waals surface area contributed by atoms with Crippen molar-refractivity contribution >= 4 is 5.69 Å². The number of hydrogen-bond donors (Lipinski definition) is 1. The fraction of sp³-hybridized carbons (Fsp3) is 0.667. The lowest BCUT2D eigenvalue weighted by Gasteiger charge is -2.04. The third kappa shape index (κ3) is 6.30. The van der Waals surface area contributed by atoms with E-state index in [1.165, 1.54) is 56.9 Å². The van der Waals surface area contributed by atoms with E-state index in [2.05, 4.69) is 11.9 Å². The second-order valence-corrected chi connectivity index (χ2v) is 4.80. The summed E-state index contributed by atoms with van der Waals surface area (Å²) in [6.07, 6.45) is 15.6. The molecule has 0 aromatic carbocycles. The van der Waals surface area contributed by atoms with Crippen LogP contribution in [0, 0.1) is 0 Å². The summed E-state index contributed by atoms with van der Waals surface area (Å²) < 4.78 is 0. The maximum atomic E-state index is 5.88. The van der Waals surface area contributed by atoms with Crippen molar-refractivity contribution in [3.63, 3.8) is 0 Å². The number of nitrogens with zero attached hydrogens (tertiary/aromatic N) is 1. The Kier molecular flexibility index (Phi) is 7.44. The van der Waals surface area contributed by atoms with Crippen molar-refractivity contribution in [2.45, 2.75) is 64.7 Å². The van der Waals surface area contributed by atoms with Crippen LogP contribution in [0.2, 0.25) is 0 Å². The highest BCUT2D eigenvalue weighted by molar-refractivity contribution is 5.44. The number of pyridine rings is 1. The molecule has 0 unspecified atom stereocenters. The van der Waals surface area contributed by atoms with E-state index >= 15 is 0 Å². The van der Waals surface area contributed by atoms with Crippen LogP contribution in [-0.4, -0.2) is 4.98 Å². The Bertz CT molecular complexity index is 297. The van der Waals surface area contributed by atoms with Crippen molar-refractivity contribution in [3.8, 4) is 0 Å². The first kappa shape index (κ1) is 14.0. The molecular weight excluding hydrogens is 208 g/mol. The van der Waals surface area contributed by atoms with Gasteiger partial charge in [0.15, 0.2) is 0 Å². The van der Waals surface area contributed by atoms with Gasteiger partial charge in [-0.25, -0.2) is 0 Å². The van der Waals surface area contributed by atoms with Gasteiger partial charge >= 0.3 is 0 Å². The summed E-state index contributed by atoms with van der Waals surface area (Å²) in [6, 6.07) is 1.89. The van der Waals surface area contributed by atoms with Crippen LogP contribution in [0.1, 0.15) is 63.9 Å². The number of anilines is 1. The van der Waals surface area contributed by atoms with Crippen LogP contribution in [-0.2, 0) is 6.42 Å². The lowest BCUT2D eigenvalue weighted by Crippen LogP contribution is -1.95. The summed E-state index contributed by atoms with van der Waals surface area (Å²) in [5, 5.41) is 0. The standard InChI is InChI=1S/C15H26N2/c1-2-3-4-5-6-7-8-9-10-14-13-17-12-11-15(14)16/h11-13H,2-10H2,1H3,(H2,16,17). The molecule has 0 atom stereocenters. The van der Waals surface area contributed by atoms with Crippen molar-refractivity contribution < 1.29 is 0 Å². The summed E-state index contributed by atoms with van der Waals surface area (Å²) in [5.74, 6) is 0. The molecule has 17 heavy (non-hydrogen) atoms. The molecule has 2 nitrogen and oxygen atoms in total. The van der Waals surface area contributed by atoms with Crippen molar-refractivity contribution in [2.75, 3.05) is 5.73 Å². The number of nitrogen functional groups attached to an aromatic ring is 1. The molecule has 0 radical (unpaired) electrons. The average Bonchev–Trinajstić information content (AvgIpc) is 2.35. The number of rotatable bonds is 9. The maximum Gasteiger partial charge on any atom is 0.0377 e. The minimum absolute atomic E-state index is 0.892. The molecule has 0 bridgehead atoms. The molecule has 0 aliphatic carbocycles. The van der Waals surface area contributed by atoms with E-state index in [1.54, 1.807) is 6.20 Å². The zero-order valence-corrected chi connectivity index (χ0v) is 11.1. The zero-order chi connectivity index (χ0) is 12.3. The molecule has 2 N–H and O–H groups in total. The monoisotopic (exact) mass is 234 g/mol. The minimum Gasteiger partial charge on any atom is -0.398 e. The number of unbranched alkanes of at least 4 members (excludes halogenated alkanes) is 7. The first-order valence-electron chi connectivity index (χ1n) is 7.03. The molecule has 0 fully saturated rings. The summed E-state index contributed by atoms with van der Waals surface area (Å²) in [6.45, 7) is 2.26. The highest BCUT2D eigenvalue weighted by Crippen LogP contribution is 2.14. The van der Waals surface area contributed by atoms with E-state index < -0.39 is 0 Å². The fourth-order valence-electron chi connectivity index (χ4n) is 2.10. The molecule has 0 saturated heterocycles. The molecule has 0 aliphatic heterocycles. The molecule has 1 aromatic rings. The van der Waals surface area contributed by atoms with Crippen molar-refractivity contribution in [1.82, 2.24) is 4.98 Å². The zero-order valence-electron chi connectivity index (χ0n) is 11.1. The van der Waals surface area contributed by atoms with Gasteiger partial charge in [0.25, 0.3) is 0 Å². The van der Waals surface area contributed by atoms with Gasteiger partial charge in [-0.3, -0.25) is 4.98 Å². The van der Waals surface area contributed by atoms with E-state index in [9.17, 15) is 0 Å². The third-order valence-corrected chi connectivity index (χ3v) is 3.24. The molecule has 0 aliphatic rings. The van der Waals surface area contributed by atoms with Gasteiger partial charge in [-0.05, 0) is 24.5 Å². The summed E-state index contributed by atoms with van der Waals surface area (Å²) >= 11 is 0. The smallest absolute Gasteiger partial charge is 0.0377 e. The van der Waals surface area contributed by atoms with Gasteiger partial charge in [0, 0.05) is 18.1 Å². The molecule has 96 valence electrons. The van der Waals surface area contributed by atoms with E-state index in [-0.39, 0.29) is 0 Å². The van der Waals surface area contributed by atoms with E-state index in [0.29, 0.717) is 0 Å². The van der Waals surface area contributed by atoms with Crippen molar-refractivity contribution in [3.05, 3.63) is 24.0 Å². The number of aryl methyl sites for hydroxylation is 1. The van der Waals surface area contributed by atoms with Crippen LogP contribution in [0.3, 0.4) is 0 Å². The minimum atomic E-state index is 0.892. The molecule has 1 heterocycles. The maximum absolute atomic E-state index is 5.88. The van der Waals surface area contributed by atoms with Crippen LogP contribution >= 0.6 is 0 Å². The van der Waals surface area contributed by atoms with Gasteiger partial charge in [-0.2, -0.15) is 0 Å². The number of hydrogen-bond acceptors (Lipinski definition) is 2. The quantitative estimate of drug-likeness (QED) is 0.645. The van der Waals surface area contributed by atoms with Crippen molar-refractivity contribution in [2.24, 2.45) is 0 Å². The molecule has 0 amide bonds. The van der Waals surface area contributed by atoms with Gasteiger partial charge in [-0.1, -0.05) is 51.9 Å². The predicted octanol–water partition coefficient (Wildman–Crippen LogP) is 4.35. The summed E-state index contributed by atoms with van der Waals surface area (Å²) in [5.41, 5.74) is 7.97. The molecule has 2 heteroatoms. The van der Waals surface area contributed by atoms with Crippen LogP contribution in [0.4, 0.5) is 5.69 Å². The van der Waals surface area contributed by atoms with Crippen LogP contribution < -0.4 is 5.73 Å². The van der Waals surface area contributed by atoms with Crippen LogP contribution in [0.25, 0.3) is 0 Å². The normalized spacial score (nSPS) is 10.6. The van der Waals surface area contributed by atoms with Gasteiger partial charge in [0.2, 0.25) is 0 Å². The first-order chi connectivity index (χ1) is 8.34. The average molecular weight is 234 g/mol. The predicted molar refractivity (Wildman–Crippen MR) is 75.0 cm³/mol. The van der Waals surface area contributed by atoms with E-state index in [4.69, 9.17) is 5.73 Å². The van der Waals surface area contributed by atoms with E-state index in [0.717, 1.165) is 12.1 Å². The Morgan fingerprint density at radius 2 is 1.65 bits per heavy atom. The van der Waals surface area contributed by atoms with Gasteiger partial charge in [0.05, 0.1) is 0 Å². The Balaban J connectivity index is 1.99. The first-order valence-corrected chi connectivity index (χ1v) is 7.03. The highest BCUT2D eigenvalue weighted by Gasteiger charge is 1.98. The largest absolute Gasteiger partial charge is 0.398 e. The molecule has 0 spiro atoms. The summed E-state index contributed by atoms with van der Waals surface area (Å²) in [4.78, 5) is 4.11. The van der Waals surface area contributed by atoms with Gasteiger partial charge in [-0.15, -0.1) is 0 Å². The molecule has 0 saturated carbocycles. The van der Waals surface area contributed by atoms with Crippen molar-refractivity contribution in [1.29, 1.82) is 0 Å². The SMILES string of the molecule is CCCCCCCCCCc1cnccc1N. The van der Waals surface area contributed by atoms with Crippen LogP contribution in [0.5, 0.6) is 0 Å². The van der Waals surface area contributed by atoms with Gasteiger partial charge < -0.3 is 5.73 Å². The number of aromatic nitrogens is 1. The second kappa shape index (κ2) is 9.03. The summed E-state index contributed by atoms with van der Waals surface area (Å²) in [7, 11) is 0. The molecule has 1 aromatic heterocycles. The fourth-order valence-corrected chi connectivity index (χ4v) is 2.10. The lowest BCUT2D eigenvalue weighted by atomic mass is 10.0. The second-order valence-electron chi connectivity index (χ2n) is 4.80. The highest BCUT2D eigenvalue weighted by atomic mass is 14.7. The van der Waals surface area contributed by atoms with Crippen LogP contribution in [0.15, 0.2) is 18.5 Å². The van der Waals surface area contributed by atoms with E-state index in [1.807, 2.05) is 12.3 Å². The third-order valence-electron chi connectivity index (χ3n) is 3.24. The Hall–Kier alpha value is -1.05. The topological polar surface area (TPSA) is 38.9 Å². The Morgan fingerprint density at radius 1 is 1.00 bits per heavy atom. The molecular formula is C15H26N2. The lowest BCUT2D eigenvalue weighted by molar-refractivity contribution is 0.575. The number of nitrogens with two attached hydrogens (primary N) is 1. The Morgan fingerprint density at radius 3 is 2.29 bits per heavy atom. The van der Waals surface area contributed by atoms with Gasteiger partial charge in [0.1, 0.15) is 0 Å². The Labute approximate surface area is 106 Å². The molecule has 1 rings (SSSR count).